The van der Waals surface area contributed by atoms with Crippen molar-refractivity contribution >= 4 is 0 Å². The first-order chi connectivity index (χ1) is 7.67. The zero-order valence-corrected chi connectivity index (χ0v) is 9.09. The van der Waals surface area contributed by atoms with Crippen LogP contribution in [0.1, 0.15) is 24.1 Å². The van der Waals surface area contributed by atoms with Crippen molar-refractivity contribution in [2.45, 2.75) is 25.4 Å². The predicted octanol–water partition coefficient (Wildman–Crippen LogP) is 1.56. The van der Waals surface area contributed by atoms with Crippen LogP contribution in [0.3, 0.4) is 0 Å². The molecule has 1 N–H and O–H groups in total. The molecular weight excluding hydrogens is 202 g/mol. The van der Waals surface area contributed by atoms with Gasteiger partial charge in [0.1, 0.15) is 0 Å². The molecule has 1 aliphatic rings. The summed E-state index contributed by atoms with van der Waals surface area (Å²) in [4.78, 5) is 1.59. The van der Waals surface area contributed by atoms with E-state index in [9.17, 15) is 5.11 Å². The van der Waals surface area contributed by atoms with E-state index in [2.05, 4.69) is 10.2 Å². The first kappa shape index (κ1) is 9.54. The predicted molar refractivity (Wildman–Crippen MR) is 59.2 cm³/mol. The Balaban J connectivity index is 1.93. The summed E-state index contributed by atoms with van der Waals surface area (Å²) in [6.07, 6.45) is 3.46. The first-order valence-corrected chi connectivity index (χ1v) is 5.40. The number of nitrogens with zero attached hydrogens (tertiary/aromatic N) is 3. The van der Waals surface area contributed by atoms with Crippen LogP contribution in [-0.4, -0.2) is 20.1 Å². The highest BCUT2D eigenvalue weighted by atomic mass is 16.3. The summed E-state index contributed by atoms with van der Waals surface area (Å²) in [6.45, 7) is 1.91. The van der Waals surface area contributed by atoms with Gasteiger partial charge in [-0.25, -0.2) is 0 Å². The molecule has 1 aromatic heterocycles. The van der Waals surface area contributed by atoms with E-state index < -0.39 is 5.60 Å². The summed E-state index contributed by atoms with van der Waals surface area (Å²) in [5, 5.41) is 18.3. The Labute approximate surface area is 93.5 Å². The maximum atomic E-state index is 9.93. The van der Waals surface area contributed by atoms with E-state index in [0.29, 0.717) is 0 Å². The average Bonchev–Trinajstić information content (AvgIpc) is 2.89. The lowest BCUT2D eigenvalue weighted by Crippen LogP contribution is -2.05. The zero-order chi connectivity index (χ0) is 11.2. The molecule has 0 spiro atoms. The second-order valence-electron chi connectivity index (χ2n) is 4.35. The van der Waals surface area contributed by atoms with E-state index in [1.807, 2.05) is 31.2 Å². The van der Waals surface area contributed by atoms with Gasteiger partial charge < -0.3 is 5.11 Å². The van der Waals surface area contributed by atoms with E-state index in [1.54, 1.807) is 11.0 Å². The molecule has 1 saturated carbocycles. The third-order valence-electron chi connectivity index (χ3n) is 2.97. The van der Waals surface area contributed by atoms with Crippen LogP contribution in [0.15, 0.2) is 30.5 Å². The number of aliphatic hydroxyl groups is 1. The fourth-order valence-corrected chi connectivity index (χ4v) is 1.78. The maximum Gasteiger partial charge on any atom is 0.0899 e. The van der Waals surface area contributed by atoms with Gasteiger partial charge in [0.2, 0.25) is 0 Å². The molecule has 0 aliphatic heterocycles. The molecule has 1 aliphatic carbocycles. The van der Waals surface area contributed by atoms with Crippen molar-refractivity contribution in [2.75, 3.05) is 0 Å². The lowest BCUT2D eigenvalue weighted by Gasteiger charge is -2.08. The highest BCUT2D eigenvalue weighted by Crippen LogP contribution is 2.45. The van der Waals surface area contributed by atoms with Crippen LogP contribution < -0.4 is 0 Å². The normalized spacial score (nSPS) is 17.4. The summed E-state index contributed by atoms with van der Waals surface area (Å²) in [7, 11) is 0. The highest BCUT2D eigenvalue weighted by Gasteiger charge is 2.41. The first-order valence-electron chi connectivity index (χ1n) is 5.40. The number of aromatic nitrogens is 3. The van der Waals surface area contributed by atoms with Crippen molar-refractivity contribution in [3.63, 3.8) is 0 Å². The average molecular weight is 215 g/mol. The second-order valence-corrected chi connectivity index (χ2v) is 4.35. The number of hydrogen-bond acceptors (Lipinski definition) is 3. The quantitative estimate of drug-likeness (QED) is 0.827. The Morgan fingerprint density at radius 2 is 1.94 bits per heavy atom. The molecule has 1 aromatic carbocycles. The topological polar surface area (TPSA) is 50.9 Å². The zero-order valence-electron chi connectivity index (χ0n) is 9.09. The van der Waals surface area contributed by atoms with Gasteiger partial charge in [-0.2, -0.15) is 15.0 Å². The van der Waals surface area contributed by atoms with E-state index in [4.69, 9.17) is 0 Å². The van der Waals surface area contributed by atoms with Crippen molar-refractivity contribution in [2.24, 2.45) is 0 Å². The lowest BCUT2D eigenvalue weighted by molar-refractivity contribution is 0.151. The minimum absolute atomic E-state index is 0.564. The van der Waals surface area contributed by atoms with Gasteiger partial charge in [0.25, 0.3) is 0 Å². The smallest absolute Gasteiger partial charge is 0.0899 e. The molecule has 1 fully saturated rings. The van der Waals surface area contributed by atoms with Gasteiger partial charge in [-0.1, -0.05) is 12.1 Å². The molecule has 0 amide bonds. The van der Waals surface area contributed by atoms with Crippen molar-refractivity contribution in [3.8, 4) is 5.69 Å². The Bertz CT molecular complexity index is 511. The van der Waals surface area contributed by atoms with Crippen molar-refractivity contribution in [3.05, 3.63) is 41.7 Å². The maximum absolute atomic E-state index is 9.93. The van der Waals surface area contributed by atoms with Gasteiger partial charge in [0.15, 0.2) is 0 Å². The number of hydrogen-bond donors (Lipinski definition) is 1. The molecule has 0 atom stereocenters. The number of rotatable bonds is 2. The molecule has 4 heteroatoms. The van der Waals surface area contributed by atoms with Crippen LogP contribution >= 0.6 is 0 Å². The van der Waals surface area contributed by atoms with Crippen molar-refractivity contribution in [1.29, 1.82) is 0 Å². The Kier molecular flexibility index (Phi) is 1.88. The van der Waals surface area contributed by atoms with Crippen LogP contribution in [0.5, 0.6) is 0 Å². The van der Waals surface area contributed by atoms with Gasteiger partial charge in [0.05, 0.1) is 23.2 Å². The third-order valence-corrected chi connectivity index (χ3v) is 2.97. The van der Waals surface area contributed by atoms with Gasteiger partial charge >= 0.3 is 0 Å². The van der Waals surface area contributed by atoms with Gasteiger partial charge in [0, 0.05) is 0 Å². The summed E-state index contributed by atoms with van der Waals surface area (Å²) < 4.78 is 0. The SMILES string of the molecule is Cc1cnn(-c2ccc(C3(O)CC3)cc2)n1. The van der Waals surface area contributed by atoms with E-state index in [-0.39, 0.29) is 0 Å². The molecular formula is C12H13N3O. The second kappa shape index (κ2) is 3.15. The van der Waals surface area contributed by atoms with Crippen LogP contribution in [-0.2, 0) is 5.60 Å². The summed E-state index contributed by atoms with van der Waals surface area (Å²) in [6, 6.07) is 7.76. The fraction of sp³-hybridized carbons (Fsp3) is 0.333. The standard InChI is InChI=1S/C12H13N3O/c1-9-8-13-15(14-9)11-4-2-10(3-5-11)12(16)6-7-12/h2-5,8,16H,6-7H2,1H3. The van der Waals surface area contributed by atoms with Crippen LogP contribution in [0.2, 0.25) is 0 Å². The van der Waals surface area contributed by atoms with Crippen LogP contribution in [0, 0.1) is 6.92 Å². The lowest BCUT2D eigenvalue weighted by atomic mass is 10.1. The molecule has 4 nitrogen and oxygen atoms in total. The van der Waals surface area contributed by atoms with E-state index in [0.717, 1.165) is 29.8 Å². The molecule has 0 unspecified atom stereocenters. The molecule has 82 valence electrons. The Hall–Kier alpha value is -1.68. The highest BCUT2D eigenvalue weighted by molar-refractivity contribution is 5.37. The van der Waals surface area contributed by atoms with Gasteiger partial charge in [-0.15, -0.1) is 0 Å². The molecule has 3 rings (SSSR count). The van der Waals surface area contributed by atoms with Crippen molar-refractivity contribution < 1.29 is 5.11 Å². The third kappa shape index (κ3) is 1.51. The molecule has 0 saturated heterocycles. The summed E-state index contributed by atoms with van der Waals surface area (Å²) >= 11 is 0. The van der Waals surface area contributed by atoms with Crippen LogP contribution in [0.4, 0.5) is 0 Å². The Morgan fingerprint density at radius 1 is 1.25 bits per heavy atom. The minimum atomic E-state index is -0.564. The molecule has 16 heavy (non-hydrogen) atoms. The Morgan fingerprint density at radius 3 is 2.44 bits per heavy atom. The summed E-state index contributed by atoms with van der Waals surface area (Å²) in [5.41, 5.74) is 2.23. The van der Waals surface area contributed by atoms with Crippen LogP contribution in [0.25, 0.3) is 5.69 Å². The molecule has 1 heterocycles. The number of benzene rings is 1. The fourth-order valence-electron chi connectivity index (χ4n) is 1.78. The molecule has 0 bridgehead atoms. The van der Waals surface area contributed by atoms with Gasteiger partial charge in [-0.05, 0) is 37.5 Å². The molecule has 0 radical (unpaired) electrons. The summed E-state index contributed by atoms with van der Waals surface area (Å²) in [5.74, 6) is 0. The largest absolute Gasteiger partial charge is 0.385 e. The monoisotopic (exact) mass is 215 g/mol. The minimum Gasteiger partial charge on any atom is -0.385 e. The van der Waals surface area contributed by atoms with Gasteiger partial charge in [-0.3, -0.25) is 0 Å². The number of aryl methyl sites for hydroxylation is 1. The molecule has 2 aromatic rings. The van der Waals surface area contributed by atoms with E-state index in [1.165, 1.54) is 0 Å². The van der Waals surface area contributed by atoms with E-state index >= 15 is 0 Å². The van der Waals surface area contributed by atoms with Crippen molar-refractivity contribution in [1.82, 2.24) is 15.0 Å².